The van der Waals surface area contributed by atoms with Crippen LogP contribution in [-0.4, -0.2) is 0 Å². The summed E-state index contributed by atoms with van der Waals surface area (Å²) in [5.74, 6) is -1.58. The van der Waals surface area contributed by atoms with Crippen molar-refractivity contribution in [3.8, 4) is 6.07 Å². The molecule has 2 aromatic rings. The predicted octanol–water partition coefficient (Wildman–Crippen LogP) is 3.16. The maximum absolute atomic E-state index is 13.3. The largest absolute Gasteiger partial charge is 0.395 e. The predicted molar refractivity (Wildman–Crippen MR) is 65.2 cm³/mol. The highest BCUT2D eigenvalue weighted by Gasteiger charge is 2.09. The SMILES string of the molecule is N#Cc1ccccc1Nc1cc(F)cc(F)c1N. The summed E-state index contributed by atoms with van der Waals surface area (Å²) in [5, 5.41) is 11.7. The number of para-hydroxylation sites is 1. The summed E-state index contributed by atoms with van der Waals surface area (Å²) in [6, 6.07) is 10.4. The Morgan fingerprint density at radius 2 is 1.83 bits per heavy atom. The number of nitrogens with zero attached hydrogens (tertiary/aromatic N) is 1. The summed E-state index contributed by atoms with van der Waals surface area (Å²) in [5.41, 5.74) is 6.21. The van der Waals surface area contributed by atoms with Gasteiger partial charge in [0.1, 0.15) is 11.9 Å². The van der Waals surface area contributed by atoms with Crippen LogP contribution in [-0.2, 0) is 0 Å². The molecule has 90 valence electrons. The van der Waals surface area contributed by atoms with Crippen molar-refractivity contribution in [2.45, 2.75) is 0 Å². The van der Waals surface area contributed by atoms with Crippen molar-refractivity contribution >= 4 is 17.1 Å². The van der Waals surface area contributed by atoms with Gasteiger partial charge >= 0.3 is 0 Å². The number of nitriles is 1. The Morgan fingerprint density at radius 3 is 2.56 bits per heavy atom. The number of hydrogen-bond donors (Lipinski definition) is 2. The molecule has 0 aliphatic rings. The zero-order valence-corrected chi connectivity index (χ0v) is 9.24. The van der Waals surface area contributed by atoms with E-state index in [1.54, 1.807) is 24.3 Å². The summed E-state index contributed by atoms with van der Waals surface area (Å²) in [6.07, 6.45) is 0. The lowest BCUT2D eigenvalue weighted by Crippen LogP contribution is -2.01. The Labute approximate surface area is 102 Å². The summed E-state index contributed by atoms with van der Waals surface area (Å²) >= 11 is 0. The highest BCUT2D eigenvalue weighted by atomic mass is 19.1. The number of rotatable bonds is 2. The first-order valence-electron chi connectivity index (χ1n) is 5.12. The van der Waals surface area contributed by atoms with Crippen LogP contribution < -0.4 is 11.1 Å². The van der Waals surface area contributed by atoms with Crippen molar-refractivity contribution < 1.29 is 8.78 Å². The second-order valence-corrected chi connectivity index (χ2v) is 3.63. The first-order chi connectivity index (χ1) is 8.61. The first kappa shape index (κ1) is 11.9. The van der Waals surface area contributed by atoms with Crippen molar-refractivity contribution in [2.24, 2.45) is 0 Å². The van der Waals surface area contributed by atoms with Gasteiger partial charge in [-0.3, -0.25) is 0 Å². The Hall–Kier alpha value is -2.61. The van der Waals surface area contributed by atoms with Crippen LogP contribution in [0.1, 0.15) is 5.56 Å². The van der Waals surface area contributed by atoms with E-state index in [1.165, 1.54) is 0 Å². The number of nitrogens with two attached hydrogens (primary N) is 1. The summed E-state index contributed by atoms with van der Waals surface area (Å²) in [7, 11) is 0. The molecular weight excluding hydrogens is 236 g/mol. The number of nitrogens with one attached hydrogen (secondary N) is 1. The molecule has 0 unspecified atom stereocenters. The molecule has 3 N–H and O–H groups in total. The second kappa shape index (κ2) is 4.72. The van der Waals surface area contributed by atoms with Crippen molar-refractivity contribution in [2.75, 3.05) is 11.1 Å². The lowest BCUT2D eigenvalue weighted by Gasteiger charge is -2.11. The number of halogens is 2. The van der Waals surface area contributed by atoms with Crippen LogP contribution in [0.4, 0.5) is 25.8 Å². The standard InChI is InChI=1S/C13H9F2N3/c14-9-5-10(15)13(17)12(6-9)18-11-4-2-1-3-8(11)7-16/h1-6,18H,17H2. The third kappa shape index (κ3) is 2.23. The van der Waals surface area contributed by atoms with Crippen LogP contribution in [0.25, 0.3) is 0 Å². The quantitative estimate of drug-likeness (QED) is 0.799. The Morgan fingerprint density at radius 1 is 1.11 bits per heavy atom. The minimum Gasteiger partial charge on any atom is -0.395 e. The molecule has 0 fully saturated rings. The maximum atomic E-state index is 13.3. The van der Waals surface area contributed by atoms with E-state index in [0.717, 1.165) is 6.07 Å². The number of anilines is 3. The minimum atomic E-state index is -0.841. The van der Waals surface area contributed by atoms with Gasteiger partial charge in [0.15, 0.2) is 5.82 Å². The fraction of sp³-hybridized carbons (Fsp3) is 0. The first-order valence-corrected chi connectivity index (χ1v) is 5.12. The highest BCUT2D eigenvalue weighted by molar-refractivity contribution is 5.75. The fourth-order valence-electron chi connectivity index (χ4n) is 1.52. The fourth-order valence-corrected chi connectivity index (χ4v) is 1.52. The van der Waals surface area contributed by atoms with E-state index in [9.17, 15) is 8.78 Å². The van der Waals surface area contributed by atoms with Crippen LogP contribution >= 0.6 is 0 Å². The molecule has 2 aromatic carbocycles. The van der Waals surface area contributed by atoms with Gasteiger partial charge in [0.05, 0.1) is 22.6 Å². The smallest absolute Gasteiger partial charge is 0.151 e. The number of hydrogen-bond acceptors (Lipinski definition) is 3. The molecular formula is C13H9F2N3. The molecule has 0 radical (unpaired) electrons. The molecule has 0 spiro atoms. The van der Waals surface area contributed by atoms with Gasteiger partial charge in [-0.25, -0.2) is 8.78 Å². The third-order valence-electron chi connectivity index (χ3n) is 2.41. The highest BCUT2D eigenvalue weighted by Crippen LogP contribution is 2.28. The van der Waals surface area contributed by atoms with Crippen molar-refractivity contribution in [1.29, 1.82) is 5.26 Å². The normalized spacial score (nSPS) is 9.83. The van der Waals surface area contributed by atoms with Crippen molar-refractivity contribution in [1.82, 2.24) is 0 Å². The van der Waals surface area contributed by atoms with E-state index in [2.05, 4.69) is 5.32 Å². The lowest BCUT2D eigenvalue weighted by molar-refractivity contribution is 0.587. The average Bonchev–Trinajstić information content (AvgIpc) is 2.36. The van der Waals surface area contributed by atoms with Gasteiger partial charge < -0.3 is 11.1 Å². The van der Waals surface area contributed by atoms with Gasteiger partial charge in [0, 0.05) is 6.07 Å². The molecule has 0 saturated heterocycles. The number of nitrogen functional groups attached to an aromatic ring is 1. The summed E-state index contributed by atoms with van der Waals surface area (Å²) in [4.78, 5) is 0. The van der Waals surface area contributed by atoms with Gasteiger partial charge in [0.2, 0.25) is 0 Å². The second-order valence-electron chi connectivity index (χ2n) is 3.63. The molecule has 0 amide bonds. The van der Waals surface area contributed by atoms with Crippen LogP contribution in [0.3, 0.4) is 0 Å². The summed E-state index contributed by atoms with van der Waals surface area (Å²) < 4.78 is 26.3. The molecule has 5 heteroatoms. The maximum Gasteiger partial charge on any atom is 0.151 e. The molecule has 0 aliphatic heterocycles. The lowest BCUT2D eigenvalue weighted by atomic mass is 10.1. The third-order valence-corrected chi connectivity index (χ3v) is 2.41. The molecule has 0 saturated carbocycles. The topological polar surface area (TPSA) is 61.8 Å². The van der Waals surface area contributed by atoms with Crippen molar-refractivity contribution in [3.05, 3.63) is 53.6 Å². The van der Waals surface area contributed by atoms with Gasteiger partial charge in [-0.15, -0.1) is 0 Å². The molecule has 18 heavy (non-hydrogen) atoms. The average molecular weight is 245 g/mol. The number of benzene rings is 2. The molecule has 0 atom stereocenters. The van der Waals surface area contributed by atoms with E-state index in [-0.39, 0.29) is 11.4 Å². The molecule has 0 aliphatic carbocycles. The molecule has 0 aromatic heterocycles. The van der Waals surface area contributed by atoms with Crippen LogP contribution in [0.2, 0.25) is 0 Å². The van der Waals surface area contributed by atoms with E-state index in [1.807, 2.05) is 6.07 Å². The van der Waals surface area contributed by atoms with Crippen LogP contribution in [0, 0.1) is 23.0 Å². The van der Waals surface area contributed by atoms with Crippen LogP contribution in [0.15, 0.2) is 36.4 Å². The molecule has 0 bridgehead atoms. The van der Waals surface area contributed by atoms with Crippen LogP contribution in [0.5, 0.6) is 0 Å². The van der Waals surface area contributed by atoms with Gasteiger partial charge in [-0.2, -0.15) is 5.26 Å². The van der Waals surface area contributed by atoms with E-state index in [0.29, 0.717) is 17.3 Å². The Bertz CT molecular complexity index is 633. The minimum absolute atomic E-state index is 0.0928. The Balaban J connectivity index is 2.44. The van der Waals surface area contributed by atoms with E-state index >= 15 is 0 Å². The zero-order chi connectivity index (χ0) is 13.1. The zero-order valence-electron chi connectivity index (χ0n) is 9.24. The molecule has 2 rings (SSSR count). The van der Waals surface area contributed by atoms with E-state index in [4.69, 9.17) is 11.0 Å². The van der Waals surface area contributed by atoms with Gasteiger partial charge in [0.25, 0.3) is 0 Å². The van der Waals surface area contributed by atoms with Crippen molar-refractivity contribution in [3.63, 3.8) is 0 Å². The van der Waals surface area contributed by atoms with Gasteiger partial charge in [-0.1, -0.05) is 12.1 Å². The monoisotopic (exact) mass is 245 g/mol. The van der Waals surface area contributed by atoms with E-state index < -0.39 is 11.6 Å². The molecule has 3 nitrogen and oxygen atoms in total. The summed E-state index contributed by atoms with van der Waals surface area (Å²) in [6.45, 7) is 0. The molecule has 0 heterocycles. The van der Waals surface area contributed by atoms with Gasteiger partial charge in [-0.05, 0) is 18.2 Å². The Kier molecular flexibility index (Phi) is 3.11.